The van der Waals surface area contributed by atoms with Gasteiger partial charge in [-0.2, -0.15) is 13.2 Å². The van der Waals surface area contributed by atoms with Gasteiger partial charge in [-0.3, -0.25) is 0 Å². The molecule has 0 saturated heterocycles. The zero-order valence-corrected chi connectivity index (χ0v) is 14.0. The van der Waals surface area contributed by atoms with Gasteiger partial charge in [-0.25, -0.2) is 4.79 Å². The molecule has 0 atom stereocenters. The first kappa shape index (κ1) is 18.4. The van der Waals surface area contributed by atoms with E-state index in [9.17, 15) is 23.1 Å². The van der Waals surface area contributed by atoms with E-state index < -0.39 is 17.4 Å². The van der Waals surface area contributed by atoms with Crippen LogP contribution in [-0.4, -0.2) is 5.11 Å². The predicted molar refractivity (Wildman–Crippen MR) is 86.2 cm³/mol. The van der Waals surface area contributed by atoms with E-state index in [-0.39, 0.29) is 34.1 Å². The van der Waals surface area contributed by atoms with Crippen molar-refractivity contribution in [3.05, 3.63) is 39.7 Å². The fraction of sp³-hybridized carbons (Fsp3) is 0.500. The zero-order chi connectivity index (χ0) is 18.1. The van der Waals surface area contributed by atoms with Gasteiger partial charge in [-0.05, 0) is 30.4 Å². The molecule has 1 aromatic carbocycles. The number of phenolic OH excluding ortho intramolecular Hbond substituents is 1. The van der Waals surface area contributed by atoms with Crippen molar-refractivity contribution in [2.45, 2.75) is 52.6 Å². The van der Waals surface area contributed by atoms with Crippen molar-refractivity contribution in [3.8, 4) is 5.75 Å². The Hall–Kier alpha value is -1.98. The number of phenols is 1. The molecule has 1 N–H and O–H groups in total. The summed E-state index contributed by atoms with van der Waals surface area (Å²) in [5.41, 5.74) is -2.67. The van der Waals surface area contributed by atoms with Crippen LogP contribution in [0.5, 0.6) is 5.75 Å². The molecular formula is C18H21F3O3. The third kappa shape index (κ3) is 3.57. The molecule has 0 saturated carbocycles. The van der Waals surface area contributed by atoms with E-state index in [2.05, 4.69) is 0 Å². The molecule has 0 fully saturated rings. The lowest BCUT2D eigenvalue weighted by Crippen LogP contribution is -2.22. The van der Waals surface area contributed by atoms with Gasteiger partial charge in [-0.15, -0.1) is 0 Å². The molecule has 0 unspecified atom stereocenters. The maximum absolute atomic E-state index is 13.6. The smallest absolute Gasteiger partial charge is 0.417 e. The molecule has 3 nitrogen and oxygen atoms in total. The van der Waals surface area contributed by atoms with Crippen molar-refractivity contribution >= 4 is 11.0 Å². The summed E-state index contributed by atoms with van der Waals surface area (Å²) in [5.74, 6) is -0.254. The third-order valence-corrected chi connectivity index (χ3v) is 4.95. The van der Waals surface area contributed by atoms with Crippen LogP contribution >= 0.6 is 0 Å². The first-order valence-electron chi connectivity index (χ1n) is 7.97. The lowest BCUT2D eigenvalue weighted by Gasteiger charge is -2.27. The number of halogens is 3. The largest absolute Gasteiger partial charge is 0.508 e. The molecule has 6 heteroatoms. The van der Waals surface area contributed by atoms with Gasteiger partial charge in [0.25, 0.3) is 0 Å². The Labute approximate surface area is 138 Å². The van der Waals surface area contributed by atoms with Crippen molar-refractivity contribution in [2.75, 3.05) is 0 Å². The number of rotatable bonds is 5. The average molecular weight is 342 g/mol. The van der Waals surface area contributed by atoms with E-state index in [4.69, 9.17) is 4.42 Å². The summed E-state index contributed by atoms with van der Waals surface area (Å²) in [7, 11) is 0. The lowest BCUT2D eigenvalue weighted by molar-refractivity contribution is -0.137. The van der Waals surface area contributed by atoms with Gasteiger partial charge in [0.15, 0.2) is 0 Å². The van der Waals surface area contributed by atoms with Crippen LogP contribution in [-0.2, 0) is 12.6 Å². The topological polar surface area (TPSA) is 50.4 Å². The molecule has 0 spiro atoms. The van der Waals surface area contributed by atoms with E-state index >= 15 is 0 Å². The van der Waals surface area contributed by atoms with Crippen LogP contribution in [0.25, 0.3) is 11.0 Å². The maximum atomic E-state index is 13.6. The normalized spacial score (nSPS) is 12.8. The van der Waals surface area contributed by atoms with Crippen LogP contribution < -0.4 is 5.63 Å². The Balaban J connectivity index is 2.63. The first-order valence-corrected chi connectivity index (χ1v) is 7.97. The highest BCUT2D eigenvalue weighted by Gasteiger charge is 2.38. The van der Waals surface area contributed by atoms with E-state index in [0.717, 1.165) is 31.0 Å². The van der Waals surface area contributed by atoms with E-state index in [1.54, 1.807) is 0 Å². The highest BCUT2D eigenvalue weighted by molar-refractivity contribution is 5.83. The van der Waals surface area contributed by atoms with Crippen LogP contribution in [0.4, 0.5) is 13.2 Å². The second-order valence-corrected chi connectivity index (χ2v) is 6.44. The summed E-state index contributed by atoms with van der Waals surface area (Å²) in [5, 5.41) is 9.21. The Kier molecular flexibility index (Phi) is 4.97. The number of hydrogen-bond acceptors (Lipinski definition) is 3. The molecule has 2 aromatic rings. The Morgan fingerprint density at radius 1 is 1.17 bits per heavy atom. The minimum absolute atomic E-state index is 0.00612. The molecule has 2 rings (SSSR count). The van der Waals surface area contributed by atoms with Crippen LogP contribution in [0.1, 0.15) is 51.2 Å². The Bertz CT molecular complexity index is 786. The molecule has 24 heavy (non-hydrogen) atoms. The van der Waals surface area contributed by atoms with Crippen LogP contribution in [0.3, 0.4) is 0 Å². The van der Waals surface area contributed by atoms with Crippen molar-refractivity contribution < 1.29 is 22.7 Å². The number of fused-ring (bicyclic) bond motifs is 1. The lowest BCUT2D eigenvalue weighted by atomic mass is 9.79. The van der Waals surface area contributed by atoms with Crippen LogP contribution in [0.15, 0.2) is 27.4 Å². The molecular weight excluding hydrogens is 321 g/mol. The summed E-state index contributed by atoms with van der Waals surface area (Å²) >= 11 is 0. The maximum Gasteiger partial charge on any atom is 0.417 e. The molecule has 0 radical (unpaired) electrons. The summed E-state index contributed by atoms with van der Waals surface area (Å²) in [6.45, 7) is 5.97. The summed E-state index contributed by atoms with van der Waals surface area (Å²) < 4.78 is 45.8. The second kappa shape index (κ2) is 6.49. The van der Waals surface area contributed by atoms with Crippen LogP contribution in [0, 0.1) is 5.41 Å². The second-order valence-electron chi connectivity index (χ2n) is 6.44. The molecule has 0 bridgehead atoms. The minimum Gasteiger partial charge on any atom is -0.508 e. The van der Waals surface area contributed by atoms with Gasteiger partial charge >= 0.3 is 11.8 Å². The predicted octanol–water partition coefficient (Wildman–Crippen LogP) is 5.28. The summed E-state index contributed by atoms with van der Waals surface area (Å²) in [4.78, 5) is 12.2. The zero-order valence-electron chi connectivity index (χ0n) is 14.0. The van der Waals surface area contributed by atoms with Crippen LogP contribution in [0.2, 0.25) is 0 Å². The molecule has 0 aliphatic rings. The number of hydrogen-bond donors (Lipinski definition) is 1. The quantitative estimate of drug-likeness (QED) is 0.753. The van der Waals surface area contributed by atoms with Crippen molar-refractivity contribution in [2.24, 2.45) is 5.41 Å². The standard InChI is InChI=1S/C18H21F3O3/c1-4-17(3,5-2)9-8-13-15(18(19,20)21)12-7-6-11(22)10-14(12)24-16(13)23/h6-7,10,22H,4-5,8-9H2,1-3H3. The number of alkyl halides is 3. The van der Waals surface area contributed by atoms with Gasteiger partial charge in [0, 0.05) is 11.5 Å². The van der Waals surface area contributed by atoms with Gasteiger partial charge in [0.1, 0.15) is 11.3 Å². The van der Waals surface area contributed by atoms with Crippen molar-refractivity contribution in [1.82, 2.24) is 0 Å². The summed E-state index contributed by atoms with van der Waals surface area (Å²) in [6, 6.07) is 3.32. The Morgan fingerprint density at radius 3 is 2.33 bits per heavy atom. The fourth-order valence-electron chi connectivity index (χ4n) is 2.81. The van der Waals surface area contributed by atoms with Gasteiger partial charge < -0.3 is 9.52 Å². The average Bonchev–Trinajstić information content (AvgIpc) is 2.51. The summed E-state index contributed by atoms with van der Waals surface area (Å²) in [6.07, 6.45) is -2.56. The molecule has 132 valence electrons. The van der Waals surface area contributed by atoms with Gasteiger partial charge in [-0.1, -0.05) is 33.6 Å². The van der Waals surface area contributed by atoms with E-state index in [1.165, 1.54) is 0 Å². The van der Waals surface area contributed by atoms with E-state index in [1.807, 2.05) is 20.8 Å². The first-order chi connectivity index (χ1) is 11.1. The molecule has 0 amide bonds. The molecule has 1 heterocycles. The SMILES string of the molecule is CCC(C)(CC)CCc1c(C(F)(F)F)c2ccc(O)cc2oc1=O. The number of benzene rings is 1. The third-order valence-electron chi connectivity index (χ3n) is 4.95. The monoisotopic (exact) mass is 342 g/mol. The van der Waals surface area contributed by atoms with E-state index in [0.29, 0.717) is 6.42 Å². The van der Waals surface area contributed by atoms with Crippen molar-refractivity contribution in [1.29, 1.82) is 0 Å². The molecule has 0 aliphatic carbocycles. The highest BCUT2D eigenvalue weighted by Crippen LogP contribution is 2.39. The Morgan fingerprint density at radius 2 is 1.79 bits per heavy atom. The van der Waals surface area contributed by atoms with Gasteiger partial charge in [0.2, 0.25) is 0 Å². The highest BCUT2D eigenvalue weighted by atomic mass is 19.4. The van der Waals surface area contributed by atoms with Gasteiger partial charge in [0.05, 0.1) is 11.1 Å². The number of aromatic hydroxyl groups is 1. The fourth-order valence-corrected chi connectivity index (χ4v) is 2.81. The molecule has 0 aliphatic heterocycles. The minimum atomic E-state index is -4.67. The molecule has 1 aromatic heterocycles. The van der Waals surface area contributed by atoms with Crippen molar-refractivity contribution in [3.63, 3.8) is 0 Å².